The topological polar surface area (TPSA) is 84.2 Å². The third-order valence-electron chi connectivity index (χ3n) is 3.27. The fourth-order valence-electron chi connectivity index (χ4n) is 1.98. The molecule has 0 aliphatic rings. The Balaban J connectivity index is 2.16. The summed E-state index contributed by atoms with van der Waals surface area (Å²) in [5, 5.41) is 14.0. The Labute approximate surface area is 150 Å². The highest BCUT2D eigenvalue weighted by molar-refractivity contribution is 7.13. The fourth-order valence-corrected chi connectivity index (χ4v) is 2.51. The lowest BCUT2D eigenvalue weighted by Gasteiger charge is -2.11. The first-order valence-electron chi connectivity index (χ1n) is 7.81. The molecule has 0 spiro atoms. The first kappa shape index (κ1) is 18.5. The third kappa shape index (κ3) is 5.33. The quantitative estimate of drug-likeness (QED) is 0.440. The van der Waals surface area contributed by atoms with Crippen LogP contribution in [0.4, 0.5) is 5.13 Å². The highest BCUT2D eigenvalue weighted by Gasteiger charge is 2.12. The second kappa shape index (κ2) is 9.45. The number of thiazole rings is 1. The van der Waals surface area contributed by atoms with E-state index in [0.29, 0.717) is 28.8 Å². The summed E-state index contributed by atoms with van der Waals surface area (Å²) >= 11 is 1.29. The van der Waals surface area contributed by atoms with Crippen LogP contribution < -0.4 is 14.8 Å². The van der Waals surface area contributed by atoms with Crippen LogP contribution in [0.1, 0.15) is 25.3 Å². The molecule has 1 N–H and O–H groups in total. The number of hydrogen-bond donors (Lipinski definition) is 1. The van der Waals surface area contributed by atoms with Crippen molar-refractivity contribution in [2.24, 2.45) is 0 Å². The van der Waals surface area contributed by atoms with Gasteiger partial charge in [-0.05, 0) is 30.2 Å². The maximum Gasteiger partial charge on any atom is 0.268 e. The SMILES string of the molecule is CCCCOc1ccc(/C=C(\C#N)C(=O)Nc2nccs2)cc1OC. The van der Waals surface area contributed by atoms with Crippen LogP contribution in [0, 0.1) is 11.3 Å². The van der Waals surface area contributed by atoms with Crippen molar-refractivity contribution in [3.05, 3.63) is 40.9 Å². The highest BCUT2D eigenvalue weighted by Crippen LogP contribution is 2.29. The van der Waals surface area contributed by atoms with Crippen molar-refractivity contribution < 1.29 is 14.3 Å². The van der Waals surface area contributed by atoms with Crippen molar-refractivity contribution in [1.29, 1.82) is 5.26 Å². The number of benzene rings is 1. The smallest absolute Gasteiger partial charge is 0.268 e. The van der Waals surface area contributed by atoms with Gasteiger partial charge in [0.25, 0.3) is 5.91 Å². The van der Waals surface area contributed by atoms with Gasteiger partial charge >= 0.3 is 0 Å². The van der Waals surface area contributed by atoms with E-state index in [1.165, 1.54) is 17.4 Å². The van der Waals surface area contributed by atoms with Crippen LogP contribution in [0.3, 0.4) is 0 Å². The van der Waals surface area contributed by atoms with Crippen LogP contribution in [0.5, 0.6) is 11.5 Å². The number of anilines is 1. The number of hydrogen-bond acceptors (Lipinski definition) is 6. The number of rotatable bonds is 8. The van der Waals surface area contributed by atoms with E-state index in [1.807, 2.05) is 6.07 Å². The number of nitrogens with one attached hydrogen (secondary N) is 1. The maximum atomic E-state index is 12.2. The number of unbranched alkanes of at least 4 members (excludes halogenated alkanes) is 1. The van der Waals surface area contributed by atoms with E-state index in [2.05, 4.69) is 17.2 Å². The van der Waals surface area contributed by atoms with Gasteiger partial charge in [0.05, 0.1) is 13.7 Å². The molecule has 0 saturated carbocycles. The van der Waals surface area contributed by atoms with Gasteiger partial charge in [0.15, 0.2) is 16.6 Å². The van der Waals surface area contributed by atoms with Gasteiger partial charge in [-0.1, -0.05) is 19.4 Å². The van der Waals surface area contributed by atoms with Gasteiger partial charge in [-0.2, -0.15) is 5.26 Å². The predicted molar refractivity (Wildman–Crippen MR) is 97.7 cm³/mol. The zero-order valence-corrected chi connectivity index (χ0v) is 14.9. The molecule has 130 valence electrons. The van der Waals surface area contributed by atoms with Crippen molar-refractivity contribution in [1.82, 2.24) is 4.98 Å². The summed E-state index contributed by atoms with van der Waals surface area (Å²) < 4.78 is 11.0. The van der Waals surface area contributed by atoms with E-state index in [0.717, 1.165) is 12.8 Å². The molecule has 0 atom stereocenters. The van der Waals surface area contributed by atoms with E-state index in [4.69, 9.17) is 9.47 Å². The molecule has 0 fully saturated rings. The van der Waals surface area contributed by atoms with E-state index in [9.17, 15) is 10.1 Å². The first-order valence-corrected chi connectivity index (χ1v) is 8.69. The van der Waals surface area contributed by atoms with Gasteiger partial charge in [-0.3, -0.25) is 10.1 Å². The second-order valence-corrected chi connectivity index (χ2v) is 5.97. The van der Waals surface area contributed by atoms with Crippen molar-refractivity contribution in [2.75, 3.05) is 19.0 Å². The lowest BCUT2D eigenvalue weighted by Crippen LogP contribution is -2.13. The number of carbonyl (C=O) groups is 1. The van der Waals surface area contributed by atoms with Crippen molar-refractivity contribution in [2.45, 2.75) is 19.8 Å². The van der Waals surface area contributed by atoms with Gasteiger partial charge in [-0.25, -0.2) is 4.98 Å². The number of nitrogens with zero attached hydrogens (tertiary/aromatic N) is 2. The third-order valence-corrected chi connectivity index (χ3v) is 3.96. The molecule has 0 aliphatic heterocycles. The Morgan fingerprint density at radius 1 is 1.44 bits per heavy atom. The van der Waals surface area contributed by atoms with Gasteiger partial charge in [0.1, 0.15) is 11.6 Å². The maximum absolute atomic E-state index is 12.2. The average Bonchev–Trinajstić information content (AvgIpc) is 3.13. The second-order valence-electron chi connectivity index (χ2n) is 5.07. The lowest BCUT2D eigenvalue weighted by molar-refractivity contribution is -0.112. The molecule has 7 heteroatoms. The molecule has 1 aromatic heterocycles. The van der Waals surface area contributed by atoms with E-state index < -0.39 is 5.91 Å². The highest BCUT2D eigenvalue weighted by atomic mass is 32.1. The molecule has 25 heavy (non-hydrogen) atoms. The Kier molecular flexibility index (Phi) is 6.99. The minimum absolute atomic E-state index is 0.0168. The summed E-state index contributed by atoms with van der Waals surface area (Å²) in [6.45, 7) is 2.70. The van der Waals surface area contributed by atoms with Crippen LogP contribution in [-0.2, 0) is 4.79 Å². The number of aromatic nitrogens is 1. The normalized spacial score (nSPS) is 10.8. The van der Waals surface area contributed by atoms with Crippen LogP contribution >= 0.6 is 11.3 Å². The van der Waals surface area contributed by atoms with Crippen LogP contribution in [-0.4, -0.2) is 24.6 Å². The zero-order valence-electron chi connectivity index (χ0n) is 14.1. The summed E-state index contributed by atoms with van der Waals surface area (Å²) in [6, 6.07) is 7.19. The molecule has 0 radical (unpaired) electrons. The van der Waals surface area contributed by atoms with Gasteiger partial charge in [0.2, 0.25) is 0 Å². The summed E-state index contributed by atoms with van der Waals surface area (Å²) in [5.74, 6) is 0.695. The van der Waals surface area contributed by atoms with E-state index in [-0.39, 0.29) is 5.57 Å². The minimum Gasteiger partial charge on any atom is -0.493 e. The van der Waals surface area contributed by atoms with Gasteiger partial charge in [-0.15, -0.1) is 11.3 Å². The van der Waals surface area contributed by atoms with E-state index >= 15 is 0 Å². The Morgan fingerprint density at radius 3 is 2.92 bits per heavy atom. The molecule has 0 bridgehead atoms. The van der Waals surface area contributed by atoms with Gasteiger partial charge < -0.3 is 9.47 Å². The summed E-state index contributed by atoms with van der Waals surface area (Å²) in [5.41, 5.74) is 0.655. The van der Waals surface area contributed by atoms with Crippen molar-refractivity contribution in [3.63, 3.8) is 0 Å². The monoisotopic (exact) mass is 357 g/mol. The molecule has 0 saturated heterocycles. The lowest BCUT2D eigenvalue weighted by atomic mass is 10.1. The number of carbonyl (C=O) groups excluding carboxylic acids is 1. The molecular weight excluding hydrogens is 338 g/mol. The predicted octanol–water partition coefficient (Wildman–Crippen LogP) is 3.88. The summed E-state index contributed by atoms with van der Waals surface area (Å²) in [6.07, 6.45) is 5.09. The zero-order chi connectivity index (χ0) is 18.1. The van der Waals surface area contributed by atoms with Gasteiger partial charge in [0, 0.05) is 11.6 Å². The van der Waals surface area contributed by atoms with E-state index in [1.54, 1.807) is 36.9 Å². The summed E-state index contributed by atoms with van der Waals surface area (Å²) in [7, 11) is 1.55. The summed E-state index contributed by atoms with van der Waals surface area (Å²) in [4.78, 5) is 16.1. The number of amides is 1. The number of ether oxygens (including phenoxy) is 2. The van der Waals surface area contributed by atoms with Crippen LogP contribution in [0.15, 0.2) is 35.3 Å². The fraction of sp³-hybridized carbons (Fsp3) is 0.278. The van der Waals surface area contributed by atoms with Crippen LogP contribution in [0.2, 0.25) is 0 Å². The standard InChI is InChI=1S/C18H19N3O3S/c1-3-4-8-24-15-6-5-13(11-16(15)23-2)10-14(12-19)17(22)21-18-20-7-9-25-18/h5-7,9-11H,3-4,8H2,1-2H3,(H,20,21,22)/b14-10+. The number of methoxy groups -OCH3 is 1. The number of nitriles is 1. The molecule has 1 heterocycles. The Hall–Kier alpha value is -2.85. The average molecular weight is 357 g/mol. The molecule has 2 aromatic rings. The van der Waals surface area contributed by atoms with Crippen LogP contribution in [0.25, 0.3) is 6.08 Å². The molecule has 2 rings (SSSR count). The Morgan fingerprint density at radius 2 is 2.28 bits per heavy atom. The Bertz CT molecular complexity index is 779. The molecule has 1 aromatic carbocycles. The molecule has 0 aliphatic carbocycles. The minimum atomic E-state index is -0.500. The molecule has 6 nitrogen and oxygen atoms in total. The van der Waals surface area contributed by atoms with Crippen molar-refractivity contribution in [3.8, 4) is 17.6 Å². The van der Waals surface area contributed by atoms with Crippen molar-refractivity contribution >= 4 is 28.5 Å². The first-order chi connectivity index (χ1) is 12.2. The molecular formula is C18H19N3O3S. The largest absolute Gasteiger partial charge is 0.493 e. The molecule has 1 amide bonds. The molecule has 0 unspecified atom stereocenters.